The smallest absolute Gasteiger partial charge is 0.184 e. The van der Waals surface area contributed by atoms with Crippen LogP contribution in [-0.2, 0) is 0 Å². The molecule has 1 unspecified atom stereocenters. The SMILES string of the molecule is COc1ccc2nc(NC(CN(C)C)C(C)C)sc2c1. The molecule has 5 heteroatoms. The number of aromatic nitrogens is 1. The molecule has 4 nitrogen and oxygen atoms in total. The summed E-state index contributed by atoms with van der Waals surface area (Å²) in [6.07, 6.45) is 0. The highest BCUT2D eigenvalue weighted by Gasteiger charge is 2.16. The molecule has 0 aliphatic heterocycles. The number of hydrogen-bond acceptors (Lipinski definition) is 5. The van der Waals surface area contributed by atoms with Crippen molar-refractivity contribution in [3.63, 3.8) is 0 Å². The molecule has 0 radical (unpaired) electrons. The van der Waals surface area contributed by atoms with Gasteiger partial charge in [0.15, 0.2) is 5.13 Å². The van der Waals surface area contributed by atoms with Crippen molar-refractivity contribution in [2.45, 2.75) is 19.9 Å². The normalized spacial score (nSPS) is 13.2. The summed E-state index contributed by atoms with van der Waals surface area (Å²) in [4.78, 5) is 6.85. The maximum absolute atomic E-state index is 5.26. The van der Waals surface area contributed by atoms with Crippen molar-refractivity contribution in [2.24, 2.45) is 5.92 Å². The first-order valence-corrected chi connectivity index (χ1v) is 7.67. The van der Waals surface area contributed by atoms with Crippen LogP contribution in [0.15, 0.2) is 18.2 Å². The van der Waals surface area contributed by atoms with Crippen LogP contribution in [-0.4, -0.2) is 43.7 Å². The first kappa shape index (κ1) is 15.1. The minimum absolute atomic E-state index is 0.396. The van der Waals surface area contributed by atoms with Crippen LogP contribution in [0, 0.1) is 5.92 Å². The Morgan fingerprint density at radius 3 is 2.70 bits per heavy atom. The largest absolute Gasteiger partial charge is 0.497 e. The summed E-state index contributed by atoms with van der Waals surface area (Å²) in [6.45, 7) is 5.46. The lowest BCUT2D eigenvalue weighted by atomic mass is 10.0. The Bertz CT molecular complexity index is 565. The molecule has 1 atom stereocenters. The molecular weight excluding hydrogens is 270 g/mol. The maximum Gasteiger partial charge on any atom is 0.184 e. The van der Waals surface area contributed by atoms with Gasteiger partial charge in [-0.1, -0.05) is 25.2 Å². The van der Waals surface area contributed by atoms with Crippen molar-refractivity contribution in [3.8, 4) is 5.75 Å². The van der Waals surface area contributed by atoms with E-state index in [0.717, 1.165) is 27.6 Å². The molecule has 1 N–H and O–H groups in total. The lowest BCUT2D eigenvalue weighted by Gasteiger charge is -2.25. The Balaban J connectivity index is 2.19. The molecule has 0 amide bonds. The molecule has 0 saturated carbocycles. The lowest BCUT2D eigenvalue weighted by Crippen LogP contribution is -2.36. The number of hydrogen-bond donors (Lipinski definition) is 1. The third-order valence-corrected chi connectivity index (χ3v) is 4.22. The Kier molecular flexibility index (Phi) is 4.83. The number of fused-ring (bicyclic) bond motifs is 1. The summed E-state index contributed by atoms with van der Waals surface area (Å²) < 4.78 is 6.41. The molecule has 0 aliphatic rings. The number of rotatable bonds is 6. The molecule has 1 aromatic carbocycles. The van der Waals surface area contributed by atoms with Crippen molar-refractivity contribution < 1.29 is 4.74 Å². The number of thiazole rings is 1. The number of anilines is 1. The Labute approximate surface area is 124 Å². The van der Waals surface area contributed by atoms with E-state index in [9.17, 15) is 0 Å². The van der Waals surface area contributed by atoms with Gasteiger partial charge < -0.3 is 15.0 Å². The quantitative estimate of drug-likeness (QED) is 0.886. The zero-order chi connectivity index (χ0) is 14.7. The van der Waals surface area contributed by atoms with Crippen LogP contribution in [0.2, 0.25) is 0 Å². The predicted molar refractivity (Wildman–Crippen MR) is 87.0 cm³/mol. The Morgan fingerprint density at radius 2 is 2.10 bits per heavy atom. The van der Waals surface area contributed by atoms with Crippen molar-refractivity contribution in [3.05, 3.63) is 18.2 Å². The zero-order valence-electron chi connectivity index (χ0n) is 12.8. The van der Waals surface area contributed by atoms with Gasteiger partial charge in [0.25, 0.3) is 0 Å². The van der Waals surface area contributed by atoms with Gasteiger partial charge >= 0.3 is 0 Å². The van der Waals surface area contributed by atoms with E-state index in [1.165, 1.54) is 0 Å². The highest BCUT2D eigenvalue weighted by atomic mass is 32.1. The summed E-state index contributed by atoms with van der Waals surface area (Å²) in [6, 6.07) is 6.39. The summed E-state index contributed by atoms with van der Waals surface area (Å²) in [7, 11) is 5.88. The second-order valence-electron chi connectivity index (χ2n) is 5.61. The third-order valence-electron chi connectivity index (χ3n) is 3.27. The van der Waals surface area contributed by atoms with Crippen LogP contribution < -0.4 is 10.1 Å². The van der Waals surface area contributed by atoms with E-state index in [1.54, 1.807) is 18.4 Å². The number of ether oxygens (including phenoxy) is 1. The second-order valence-corrected chi connectivity index (χ2v) is 6.64. The van der Waals surface area contributed by atoms with Gasteiger partial charge in [-0.25, -0.2) is 4.98 Å². The molecule has 0 fully saturated rings. The van der Waals surface area contributed by atoms with Gasteiger partial charge in [0.2, 0.25) is 0 Å². The molecule has 2 rings (SSSR count). The molecule has 110 valence electrons. The molecule has 0 saturated heterocycles. The summed E-state index contributed by atoms with van der Waals surface area (Å²) in [5.74, 6) is 1.43. The van der Waals surface area contributed by atoms with Gasteiger partial charge in [-0.05, 0) is 38.2 Å². The maximum atomic E-state index is 5.26. The topological polar surface area (TPSA) is 37.4 Å². The Morgan fingerprint density at radius 1 is 1.35 bits per heavy atom. The number of nitrogens with zero attached hydrogens (tertiary/aromatic N) is 2. The molecule has 1 aromatic heterocycles. The Hall–Kier alpha value is -1.33. The highest BCUT2D eigenvalue weighted by Crippen LogP contribution is 2.30. The van der Waals surface area contributed by atoms with Crippen LogP contribution in [0.3, 0.4) is 0 Å². The van der Waals surface area contributed by atoms with E-state index in [4.69, 9.17) is 4.74 Å². The number of nitrogens with one attached hydrogen (secondary N) is 1. The van der Waals surface area contributed by atoms with Crippen molar-refractivity contribution in [2.75, 3.05) is 33.1 Å². The van der Waals surface area contributed by atoms with E-state index in [2.05, 4.69) is 43.1 Å². The van der Waals surface area contributed by atoms with Crippen molar-refractivity contribution in [1.29, 1.82) is 0 Å². The first-order chi connectivity index (χ1) is 9.49. The van der Waals surface area contributed by atoms with E-state index >= 15 is 0 Å². The van der Waals surface area contributed by atoms with Gasteiger partial charge in [-0.2, -0.15) is 0 Å². The standard InChI is InChI=1S/C15H23N3OS/c1-10(2)13(9-18(3)4)17-15-16-12-7-6-11(19-5)8-14(12)20-15/h6-8,10,13H,9H2,1-5H3,(H,16,17). The summed E-state index contributed by atoms with van der Waals surface area (Å²) in [5.41, 5.74) is 1.02. The lowest BCUT2D eigenvalue weighted by molar-refractivity contribution is 0.344. The monoisotopic (exact) mass is 293 g/mol. The third kappa shape index (κ3) is 3.61. The van der Waals surface area contributed by atoms with Gasteiger partial charge in [0.1, 0.15) is 5.75 Å². The number of benzene rings is 1. The zero-order valence-corrected chi connectivity index (χ0v) is 13.6. The van der Waals surface area contributed by atoms with Crippen LogP contribution in [0.25, 0.3) is 10.2 Å². The van der Waals surface area contributed by atoms with Crippen LogP contribution in [0.4, 0.5) is 5.13 Å². The van der Waals surface area contributed by atoms with Gasteiger partial charge in [-0.15, -0.1) is 0 Å². The highest BCUT2D eigenvalue weighted by molar-refractivity contribution is 7.22. The van der Waals surface area contributed by atoms with Crippen LogP contribution in [0.1, 0.15) is 13.8 Å². The van der Waals surface area contributed by atoms with E-state index in [0.29, 0.717) is 12.0 Å². The summed E-state index contributed by atoms with van der Waals surface area (Å²) in [5, 5.41) is 4.54. The fraction of sp³-hybridized carbons (Fsp3) is 0.533. The van der Waals surface area contributed by atoms with Crippen LogP contribution in [0.5, 0.6) is 5.75 Å². The molecule has 0 spiro atoms. The minimum Gasteiger partial charge on any atom is -0.497 e. The van der Waals surface area contributed by atoms with Crippen molar-refractivity contribution in [1.82, 2.24) is 9.88 Å². The van der Waals surface area contributed by atoms with Gasteiger partial charge in [-0.3, -0.25) is 0 Å². The molecule has 0 bridgehead atoms. The average molecular weight is 293 g/mol. The molecule has 20 heavy (non-hydrogen) atoms. The molecule has 1 heterocycles. The molecule has 2 aromatic rings. The predicted octanol–water partition coefficient (Wildman–Crippen LogP) is 3.30. The minimum atomic E-state index is 0.396. The van der Waals surface area contributed by atoms with E-state index in [-0.39, 0.29) is 0 Å². The summed E-state index contributed by atoms with van der Waals surface area (Å²) >= 11 is 1.68. The fourth-order valence-corrected chi connectivity index (χ4v) is 3.02. The average Bonchev–Trinajstić information content (AvgIpc) is 2.78. The van der Waals surface area contributed by atoms with Crippen molar-refractivity contribution >= 4 is 26.7 Å². The molecular formula is C15H23N3OS. The second kappa shape index (κ2) is 6.41. The van der Waals surface area contributed by atoms with Crippen LogP contribution >= 0.6 is 11.3 Å². The van der Waals surface area contributed by atoms with Gasteiger partial charge in [0, 0.05) is 12.6 Å². The fourth-order valence-electron chi connectivity index (χ4n) is 2.07. The number of methoxy groups -OCH3 is 1. The number of likely N-dealkylation sites (N-methyl/N-ethyl adjacent to an activating group) is 1. The van der Waals surface area contributed by atoms with Gasteiger partial charge in [0.05, 0.1) is 17.3 Å². The first-order valence-electron chi connectivity index (χ1n) is 6.85. The molecule has 0 aliphatic carbocycles. The van der Waals surface area contributed by atoms with E-state index < -0.39 is 0 Å². The van der Waals surface area contributed by atoms with E-state index in [1.807, 2.05) is 18.2 Å².